The molecular formula is C25H28N2O5S. The summed E-state index contributed by atoms with van der Waals surface area (Å²) in [6.45, 7) is 1.97. The van der Waals surface area contributed by atoms with E-state index in [-0.39, 0.29) is 16.8 Å². The molecule has 1 aliphatic heterocycles. The Hall–Kier alpha value is -3.13. The van der Waals surface area contributed by atoms with E-state index in [4.69, 9.17) is 4.74 Å². The highest BCUT2D eigenvalue weighted by Gasteiger charge is 2.30. The van der Waals surface area contributed by atoms with Gasteiger partial charge in [0.15, 0.2) is 6.10 Å². The number of anilines is 1. The molecule has 1 fully saturated rings. The van der Waals surface area contributed by atoms with Crippen LogP contribution in [0.4, 0.5) is 5.69 Å². The maximum absolute atomic E-state index is 13.1. The topological polar surface area (TPSA) is 92.8 Å². The summed E-state index contributed by atoms with van der Waals surface area (Å²) in [6.07, 6.45) is 6.71. The third-order valence-corrected chi connectivity index (χ3v) is 7.92. The average molecular weight is 469 g/mol. The summed E-state index contributed by atoms with van der Waals surface area (Å²) in [6, 6.07) is 14.0. The zero-order valence-corrected chi connectivity index (χ0v) is 19.4. The Bertz CT molecular complexity index is 1150. The molecule has 1 N–H and O–H groups in total. The molecule has 1 atom stereocenters. The van der Waals surface area contributed by atoms with E-state index >= 15 is 0 Å². The summed E-state index contributed by atoms with van der Waals surface area (Å²) in [5.41, 5.74) is 2.39. The number of sulfonamides is 1. The maximum atomic E-state index is 13.1. The average Bonchev–Trinajstić information content (AvgIpc) is 3.48. The van der Waals surface area contributed by atoms with E-state index < -0.39 is 22.1 Å². The minimum atomic E-state index is -3.66. The van der Waals surface area contributed by atoms with Gasteiger partial charge in [0.1, 0.15) is 0 Å². The molecule has 1 unspecified atom stereocenters. The number of para-hydroxylation sites is 1. The molecule has 8 heteroatoms. The number of carbonyl (C=O) groups is 2. The molecule has 1 heterocycles. The van der Waals surface area contributed by atoms with E-state index in [1.54, 1.807) is 19.1 Å². The molecule has 0 spiro atoms. The Balaban J connectivity index is 1.35. The first-order valence-electron chi connectivity index (χ1n) is 11.2. The number of nitrogens with one attached hydrogen (secondary N) is 1. The van der Waals surface area contributed by atoms with Crippen molar-refractivity contribution >= 4 is 33.7 Å². The second-order valence-corrected chi connectivity index (χ2v) is 10.3. The zero-order chi connectivity index (χ0) is 23.4. The molecule has 7 nitrogen and oxygen atoms in total. The van der Waals surface area contributed by atoms with Crippen molar-refractivity contribution in [1.82, 2.24) is 5.32 Å². The minimum absolute atomic E-state index is 0.165. The van der Waals surface area contributed by atoms with Crippen LogP contribution >= 0.6 is 0 Å². The van der Waals surface area contributed by atoms with Gasteiger partial charge in [-0.2, -0.15) is 0 Å². The first-order chi connectivity index (χ1) is 15.8. The molecule has 0 bridgehead atoms. The molecule has 33 heavy (non-hydrogen) atoms. The summed E-state index contributed by atoms with van der Waals surface area (Å²) in [4.78, 5) is 24.4. The van der Waals surface area contributed by atoms with Crippen LogP contribution in [0.1, 0.15) is 43.7 Å². The third-order valence-electron chi connectivity index (χ3n) is 6.09. The van der Waals surface area contributed by atoms with Crippen molar-refractivity contribution in [2.75, 3.05) is 10.8 Å². The first kappa shape index (κ1) is 23.0. The van der Waals surface area contributed by atoms with Crippen molar-refractivity contribution in [3.8, 4) is 0 Å². The Kier molecular flexibility index (Phi) is 6.83. The van der Waals surface area contributed by atoms with Crippen molar-refractivity contribution < 1.29 is 22.7 Å². The third kappa shape index (κ3) is 5.27. The predicted octanol–water partition coefficient (Wildman–Crippen LogP) is 3.44. The quantitative estimate of drug-likeness (QED) is 0.496. The molecule has 1 aliphatic carbocycles. The SMILES string of the molecule is CC(OC(=O)C=Cc1ccc(S(=O)(=O)N2CCc3ccccc32)cc1)C(=O)NC1CCCC1. The number of fused-ring (bicyclic) bond motifs is 1. The van der Waals surface area contributed by atoms with Gasteiger partial charge in [0, 0.05) is 18.7 Å². The number of hydrogen-bond acceptors (Lipinski definition) is 5. The van der Waals surface area contributed by atoms with Gasteiger partial charge in [0.2, 0.25) is 0 Å². The second-order valence-electron chi connectivity index (χ2n) is 8.43. The molecule has 2 aromatic rings. The lowest BCUT2D eigenvalue weighted by Gasteiger charge is -2.19. The van der Waals surface area contributed by atoms with Gasteiger partial charge in [-0.15, -0.1) is 0 Å². The van der Waals surface area contributed by atoms with E-state index in [1.807, 2.05) is 24.3 Å². The van der Waals surface area contributed by atoms with Crippen LogP contribution in [0, 0.1) is 0 Å². The second kappa shape index (κ2) is 9.79. The van der Waals surface area contributed by atoms with Crippen LogP contribution in [-0.2, 0) is 30.8 Å². The van der Waals surface area contributed by atoms with Crippen molar-refractivity contribution in [3.05, 3.63) is 65.7 Å². The Labute approximate surface area is 194 Å². The van der Waals surface area contributed by atoms with Gasteiger partial charge in [-0.1, -0.05) is 43.2 Å². The number of rotatable bonds is 7. The first-order valence-corrected chi connectivity index (χ1v) is 12.7. The van der Waals surface area contributed by atoms with Crippen LogP contribution in [-0.4, -0.2) is 39.0 Å². The molecule has 0 saturated heterocycles. The fourth-order valence-electron chi connectivity index (χ4n) is 4.26. The monoisotopic (exact) mass is 468 g/mol. The van der Waals surface area contributed by atoms with Crippen LogP contribution in [0.15, 0.2) is 59.5 Å². The van der Waals surface area contributed by atoms with E-state index in [0.29, 0.717) is 18.5 Å². The lowest BCUT2D eigenvalue weighted by Crippen LogP contribution is -2.40. The van der Waals surface area contributed by atoms with Crippen LogP contribution in [0.2, 0.25) is 0 Å². The fourth-order valence-corrected chi connectivity index (χ4v) is 5.76. The van der Waals surface area contributed by atoms with E-state index in [9.17, 15) is 18.0 Å². The highest BCUT2D eigenvalue weighted by atomic mass is 32.2. The van der Waals surface area contributed by atoms with Crippen LogP contribution < -0.4 is 9.62 Å². The van der Waals surface area contributed by atoms with Crippen LogP contribution in [0.25, 0.3) is 6.08 Å². The van der Waals surface area contributed by atoms with Gasteiger partial charge in [-0.3, -0.25) is 9.10 Å². The molecule has 1 amide bonds. The van der Waals surface area contributed by atoms with E-state index in [1.165, 1.54) is 28.6 Å². The van der Waals surface area contributed by atoms with Crippen molar-refractivity contribution in [2.45, 2.75) is 56.1 Å². The van der Waals surface area contributed by atoms with E-state index in [2.05, 4.69) is 5.32 Å². The molecule has 2 aliphatic rings. The molecule has 2 aromatic carbocycles. The van der Waals surface area contributed by atoms with Crippen LogP contribution in [0.3, 0.4) is 0 Å². The van der Waals surface area contributed by atoms with Gasteiger partial charge in [-0.25, -0.2) is 13.2 Å². The maximum Gasteiger partial charge on any atom is 0.331 e. The van der Waals surface area contributed by atoms with Gasteiger partial charge >= 0.3 is 5.97 Å². The number of amides is 1. The fraction of sp³-hybridized carbons (Fsp3) is 0.360. The highest BCUT2D eigenvalue weighted by molar-refractivity contribution is 7.92. The van der Waals surface area contributed by atoms with E-state index in [0.717, 1.165) is 36.9 Å². The van der Waals surface area contributed by atoms with Crippen molar-refractivity contribution in [1.29, 1.82) is 0 Å². The molecular weight excluding hydrogens is 440 g/mol. The number of ether oxygens (including phenoxy) is 1. The normalized spacial score (nSPS) is 17.2. The van der Waals surface area contributed by atoms with Gasteiger partial charge < -0.3 is 10.1 Å². The molecule has 174 valence electrons. The molecule has 0 aromatic heterocycles. The largest absolute Gasteiger partial charge is 0.449 e. The minimum Gasteiger partial charge on any atom is -0.449 e. The lowest BCUT2D eigenvalue weighted by molar-refractivity contribution is -0.150. The summed E-state index contributed by atoms with van der Waals surface area (Å²) in [7, 11) is -3.66. The molecule has 1 saturated carbocycles. The Morgan fingerprint density at radius 3 is 2.52 bits per heavy atom. The lowest BCUT2D eigenvalue weighted by atomic mass is 10.2. The zero-order valence-electron chi connectivity index (χ0n) is 18.6. The van der Waals surface area contributed by atoms with Crippen molar-refractivity contribution in [2.24, 2.45) is 0 Å². The predicted molar refractivity (Wildman–Crippen MR) is 126 cm³/mol. The Morgan fingerprint density at radius 1 is 1.09 bits per heavy atom. The number of nitrogens with zero attached hydrogens (tertiary/aromatic N) is 1. The number of benzene rings is 2. The summed E-state index contributed by atoms with van der Waals surface area (Å²) < 4.78 is 32.8. The van der Waals surface area contributed by atoms with Gasteiger partial charge in [0.05, 0.1) is 10.6 Å². The highest BCUT2D eigenvalue weighted by Crippen LogP contribution is 2.32. The number of esters is 1. The van der Waals surface area contributed by atoms with Crippen molar-refractivity contribution in [3.63, 3.8) is 0 Å². The van der Waals surface area contributed by atoms with Gasteiger partial charge in [-0.05, 0) is 61.6 Å². The summed E-state index contributed by atoms with van der Waals surface area (Å²) >= 11 is 0. The molecule has 4 rings (SSSR count). The standard InChI is InChI=1S/C25H28N2O5S/c1-18(25(29)26-21-7-3-4-8-21)32-24(28)15-12-19-10-13-22(14-11-19)33(30,31)27-17-16-20-6-2-5-9-23(20)27/h2,5-6,9-15,18,21H,3-4,7-8,16-17H2,1H3,(H,26,29). The Morgan fingerprint density at radius 2 is 1.79 bits per heavy atom. The van der Waals surface area contributed by atoms with Crippen LogP contribution in [0.5, 0.6) is 0 Å². The molecule has 0 radical (unpaired) electrons. The summed E-state index contributed by atoms with van der Waals surface area (Å²) in [5, 5.41) is 2.91. The summed E-state index contributed by atoms with van der Waals surface area (Å²) in [5.74, 6) is -0.920. The number of carbonyl (C=O) groups excluding carboxylic acids is 2. The smallest absolute Gasteiger partial charge is 0.331 e. The number of hydrogen-bond donors (Lipinski definition) is 1. The van der Waals surface area contributed by atoms with Gasteiger partial charge in [0.25, 0.3) is 15.9 Å².